The SMILES string of the molecule is CCCCNC(=O)[C@@H](CC)N(CCc1ccccc1)C(=O)CN(c1cc(OC)ccc1OC)S(=O)(=O)c1ccccc1. The van der Waals surface area contributed by atoms with Crippen molar-refractivity contribution in [3.63, 3.8) is 0 Å². The van der Waals surface area contributed by atoms with Crippen LogP contribution in [0.25, 0.3) is 0 Å². The number of ether oxygens (including phenoxy) is 2. The molecule has 3 aromatic rings. The molecule has 0 aliphatic heterocycles. The summed E-state index contributed by atoms with van der Waals surface area (Å²) in [5, 5.41) is 2.94. The standard InChI is InChI=1S/C32H41N3O6S/c1-5-7-21-33-32(37)28(6-2)34(22-20-25-14-10-8-11-15-25)31(36)24-35(42(38,39)27-16-12-9-13-17-27)29-23-26(40-3)18-19-30(29)41-4/h8-19,23,28H,5-7,20-22,24H2,1-4H3,(H,33,37)/t28-/m1/s1. The first-order chi connectivity index (χ1) is 20.3. The molecule has 2 amide bonds. The molecule has 0 heterocycles. The van der Waals surface area contributed by atoms with Gasteiger partial charge in [0.1, 0.15) is 24.1 Å². The number of sulfonamides is 1. The van der Waals surface area contributed by atoms with Crippen molar-refractivity contribution >= 4 is 27.5 Å². The fourth-order valence-electron chi connectivity index (χ4n) is 4.63. The number of nitrogens with zero attached hydrogens (tertiary/aromatic N) is 2. The molecular weight excluding hydrogens is 554 g/mol. The van der Waals surface area contributed by atoms with Crippen LogP contribution in [-0.4, -0.2) is 65.0 Å². The number of rotatable bonds is 16. The van der Waals surface area contributed by atoms with Gasteiger partial charge in [0.2, 0.25) is 11.8 Å². The van der Waals surface area contributed by atoms with E-state index in [1.807, 2.05) is 44.2 Å². The van der Waals surface area contributed by atoms with Gasteiger partial charge in [-0.05, 0) is 49.1 Å². The minimum atomic E-state index is -4.23. The number of methoxy groups -OCH3 is 2. The third-order valence-electron chi connectivity index (χ3n) is 6.96. The highest BCUT2D eigenvalue weighted by molar-refractivity contribution is 7.92. The van der Waals surface area contributed by atoms with Crippen molar-refractivity contribution < 1.29 is 27.5 Å². The van der Waals surface area contributed by atoms with E-state index in [1.165, 1.54) is 37.3 Å². The van der Waals surface area contributed by atoms with E-state index in [2.05, 4.69) is 5.32 Å². The number of benzene rings is 3. The van der Waals surface area contributed by atoms with E-state index in [4.69, 9.17) is 9.47 Å². The van der Waals surface area contributed by atoms with Gasteiger partial charge in [0.15, 0.2) is 0 Å². The molecule has 9 nitrogen and oxygen atoms in total. The average molecular weight is 596 g/mol. The Balaban J connectivity index is 2.06. The van der Waals surface area contributed by atoms with Crippen LogP contribution < -0.4 is 19.1 Å². The second-order valence-corrected chi connectivity index (χ2v) is 11.6. The Bertz CT molecular complexity index is 1400. The Morgan fingerprint density at radius 2 is 1.57 bits per heavy atom. The van der Waals surface area contributed by atoms with E-state index < -0.39 is 28.5 Å². The molecule has 1 atom stereocenters. The largest absolute Gasteiger partial charge is 0.497 e. The molecule has 3 aromatic carbocycles. The molecule has 42 heavy (non-hydrogen) atoms. The van der Waals surface area contributed by atoms with Crippen LogP contribution in [0.4, 0.5) is 5.69 Å². The van der Waals surface area contributed by atoms with Gasteiger partial charge in [0.25, 0.3) is 10.0 Å². The maximum absolute atomic E-state index is 14.2. The number of nitrogens with one attached hydrogen (secondary N) is 1. The molecule has 0 aliphatic carbocycles. The molecule has 0 spiro atoms. The smallest absolute Gasteiger partial charge is 0.264 e. The summed E-state index contributed by atoms with van der Waals surface area (Å²) in [7, 11) is -1.32. The van der Waals surface area contributed by atoms with Gasteiger partial charge in [-0.2, -0.15) is 0 Å². The minimum absolute atomic E-state index is 0.0165. The molecule has 0 radical (unpaired) electrons. The quantitative estimate of drug-likeness (QED) is 0.242. The summed E-state index contributed by atoms with van der Waals surface area (Å²) in [6.45, 7) is 4.07. The molecular formula is C32H41N3O6S. The topological polar surface area (TPSA) is 105 Å². The Hall–Kier alpha value is -4.05. The Kier molecular flexibility index (Phi) is 12.2. The van der Waals surface area contributed by atoms with E-state index in [1.54, 1.807) is 30.3 Å². The van der Waals surface area contributed by atoms with Crippen LogP contribution in [0.1, 0.15) is 38.7 Å². The molecule has 0 saturated carbocycles. The Labute approximate surface area is 249 Å². The summed E-state index contributed by atoms with van der Waals surface area (Å²) in [5.74, 6) is -0.117. The summed E-state index contributed by atoms with van der Waals surface area (Å²) < 4.78 is 40.0. The summed E-state index contributed by atoms with van der Waals surface area (Å²) >= 11 is 0. The molecule has 1 N–H and O–H groups in total. The van der Waals surface area contributed by atoms with Crippen molar-refractivity contribution in [2.45, 2.75) is 50.5 Å². The fourth-order valence-corrected chi connectivity index (χ4v) is 6.06. The predicted molar refractivity (Wildman–Crippen MR) is 164 cm³/mol. The first kappa shape index (κ1) is 32.5. The number of hydrogen-bond acceptors (Lipinski definition) is 6. The highest BCUT2D eigenvalue weighted by Crippen LogP contribution is 2.36. The third kappa shape index (κ3) is 8.25. The van der Waals surface area contributed by atoms with E-state index in [0.717, 1.165) is 22.7 Å². The summed E-state index contributed by atoms with van der Waals surface area (Å²) in [4.78, 5) is 29.0. The van der Waals surface area contributed by atoms with Crippen molar-refractivity contribution in [1.82, 2.24) is 10.2 Å². The highest BCUT2D eigenvalue weighted by Gasteiger charge is 2.34. The van der Waals surface area contributed by atoms with Crippen LogP contribution in [0.5, 0.6) is 11.5 Å². The summed E-state index contributed by atoms with van der Waals surface area (Å²) in [6, 6.07) is 21.6. The maximum atomic E-state index is 14.2. The maximum Gasteiger partial charge on any atom is 0.264 e. The lowest BCUT2D eigenvalue weighted by Gasteiger charge is -2.33. The lowest BCUT2D eigenvalue weighted by Crippen LogP contribution is -2.53. The van der Waals surface area contributed by atoms with Gasteiger partial charge in [-0.15, -0.1) is 0 Å². The third-order valence-corrected chi connectivity index (χ3v) is 8.74. The van der Waals surface area contributed by atoms with Crippen LogP contribution >= 0.6 is 0 Å². The van der Waals surface area contributed by atoms with Gasteiger partial charge < -0.3 is 19.7 Å². The molecule has 0 unspecified atom stereocenters. The fraction of sp³-hybridized carbons (Fsp3) is 0.375. The van der Waals surface area contributed by atoms with Crippen molar-refractivity contribution in [2.75, 3.05) is 38.2 Å². The number of carbonyl (C=O) groups excluding carboxylic acids is 2. The number of anilines is 1. The van der Waals surface area contributed by atoms with Gasteiger partial charge in [-0.25, -0.2) is 8.42 Å². The molecule has 3 rings (SSSR count). The van der Waals surface area contributed by atoms with E-state index in [9.17, 15) is 18.0 Å². The number of carbonyl (C=O) groups is 2. The second kappa shape index (κ2) is 15.8. The van der Waals surface area contributed by atoms with Gasteiger partial charge >= 0.3 is 0 Å². The van der Waals surface area contributed by atoms with E-state index in [-0.39, 0.29) is 28.8 Å². The van der Waals surface area contributed by atoms with Gasteiger partial charge in [-0.3, -0.25) is 13.9 Å². The van der Waals surface area contributed by atoms with Crippen molar-refractivity contribution in [2.24, 2.45) is 0 Å². The molecule has 0 aliphatic rings. The molecule has 0 saturated heterocycles. The Morgan fingerprint density at radius 1 is 0.905 bits per heavy atom. The van der Waals surface area contributed by atoms with Crippen molar-refractivity contribution in [3.05, 3.63) is 84.4 Å². The zero-order valence-electron chi connectivity index (χ0n) is 24.8. The van der Waals surface area contributed by atoms with Gasteiger partial charge in [-0.1, -0.05) is 68.8 Å². The summed E-state index contributed by atoms with van der Waals surface area (Å²) in [5.41, 5.74) is 1.15. The van der Waals surface area contributed by atoms with Crippen LogP contribution in [0, 0.1) is 0 Å². The number of unbranched alkanes of at least 4 members (excludes halogenated alkanes) is 1. The lowest BCUT2D eigenvalue weighted by molar-refractivity contribution is -0.139. The van der Waals surface area contributed by atoms with Crippen LogP contribution in [-0.2, 0) is 26.0 Å². The van der Waals surface area contributed by atoms with Crippen molar-refractivity contribution in [3.8, 4) is 11.5 Å². The molecule has 10 heteroatoms. The monoisotopic (exact) mass is 595 g/mol. The van der Waals surface area contributed by atoms with Gasteiger partial charge in [0.05, 0.1) is 24.8 Å². The molecule has 0 fully saturated rings. The normalized spacial score (nSPS) is 11.8. The van der Waals surface area contributed by atoms with Crippen LogP contribution in [0.3, 0.4) is 0 Å². The zero-order chi connectivity index (χ0) is 30.5. The van der Waals surface area contributed by atoms with Crippen LogP contribution in [0.15, 0.2) is 83.8 Å². The van der Waals surface area contributed by atoms with Crippen LogP contribution in [0.2, 0.25) is 0 Å². The zero-order valence-corrected chi connectivity index (χ0v) is 25.6. The molecule has 226 valence electrons. The lowest BCUT2D eigenvalue weighted by atomic mass is 10.1. The Morgan fingerprint density at radius 3 is 2.17 bits per heavy atom. The number of hydrogen-bond donors (Lipinski definition) is 1. The first-order valence-corrected chi connectivity index (χ1v) is 15.6. The number of amides is 2. The second-order valence-electron chi connectivity index (χ2n) is 9.75. The van der Waals surface area contributed by atoms with Gasteiger partial charge in [0, 0.05) is 19.2 Å². The predicted octanol–water partition coefficient (Wildman–Crippen LogP) is 4.67. The highest BCUT2D eigenvalue weighted by atomic mass is 32.2. The first-order valence-electron chi connectivity index (χ1n) is 14.2. The average Bonchev–Trinajstić information content (AvgIpc) is 3.02. The molecule has 0 bridgehead atoms. The van der Waals surface area contributed by atoms with E-state index >= 15 is 0 Å². The van der Waals surface area contributed by atoms with E-state index in [0.29, 0.717) is 25.1 Å². The summed E-state index contributed by atoms with van der Waals surface area (Å²) in [6.07, 6.45) is 2.60. The molecule has 0 aromatic heterocycles. The van der Waals surface area contributed by atoms with Crippen molar-refractivity contribution in [1.29, 1.82) is 0 Å². The minimum Gasteiger partial charge on any atom is -0.497 e.